The minimum Gasteiger partial charge on any atom is -0.483 e. The number of ether oxygens (including phenoxy) is 1. The number of oxazole rings is 1. The first-order chi connectivity index (χ1) is 12.6. The lowest BCUT2D eigenvalue weighted by Gasteiger charge is -2.11. The summed E-state index contributed by atoms with van der Waals surface area (Å²) in [5, 5.41) is 0. The van der Waals surface area contributed by atoms with Crippen LogP contribution in [0, 0.1) is 17.8 Å². The van der Waals surface area contributed by atoms with Gasteiger partial charge in [-0.25, -0.2) is 14.4 Å². The van der Waals surface area contributed by atoms with Gasteiger partial charge in [-0.1, -0.05) is 6.07 Å². The van der Waals surface area contributed by atoms with Crippen molar-refractivity contribution in [1.29, 1.82) is 0 Å². The second-order valence-corrected chi connectivity index (χ2v) is 6.28. The van der Waals surface area contributed by atoms with E-state index in [0.29, 0.717) is 28.6 Å². The Morgan fingerprint density at radius 2 is 2.23 bits per heavy atom. The first kappa shape index (κ1) is 16.4. The van der Waals surface area contributed by atoms with Crippen molar-refractivity contribution in [3.05, 3.63) is 66.1 Å². The summed E-state index contributed by atoms with van der Waals surface area (Å²) in [4.78, 5) is 20.5. The fourth-order valence-electron chi connectivity index (χ4n) is 2.59. The fraction of sp³-hybridized carbons (Fsp3) is 0.250. The van der Waals surface area contributed by atoms with Crippen molar-refractivity contribution in [1.82, 2.24) is 9.97 Å². The number of benzene rings is 1. The lowest BCUT2D eigenvalue weighted by molar-refractivity contribution is 0.0962. The monoisotopic (exact) mass is 351 g/mol. The van der Waals surface area contributed by atoms with Crippen LogP contribution >= 0.6 is 0 Å². The SMILES string of the molecule is CC(Oc1ccc(C(=O)C2CC2)nc1)c1coc(-c2cc[c]c(F)c2)n1. The second-order valence-electron chi connectivity index (χ2n) is 6.28. The van der Waals surface area contributed by atoms with Crippen LogP contribution in [0.25, 0.3) is 11.5 Å². The largest absolute Gasteiger partial charge is 0.483 e. The van der Waals surface area contributed by atoms with Gasteiger partial charge in [0, 0.05) is 17.5 Å². The molecule has 131 valence electrons. The Kier molecular flexibility index (Phi) is 4.24. The quantitative estimate of drug-likeness (QED) is 0.616. The summed E-state index contributed by atoms with van der Waals surface area (Å²) in [6.45, 7) is 1.82. The van der Waals surface area contributed by atoms with Crippen molar-refractivity contribution in [3.8, 4) is 17.2 Å². The van der Waals surface area contributed by atoms with Crippen LogP contribution in [-0.2, 0) is 0 Å². The van der Waals surface area contributed by atoms with Gasteiger partial charge < -0.3 is 9.15 Å². The van der Waals surface area contributed by atoms with E-state index in [1.165, 1.54) is 24.6 Å². The molecule has 0 saturated heterocycles. The molecule has 1 aliphatic rings. The molecule has 1 aromatic carbocycles. The molecule has 0 N–H and O–H groups in total. The molecule has 4 rings (SSSR count). The van der Waals surface area contributed by atoms with Crippen molar-refractivity contribution in [2.45, 2.75) is 25.9 Å². The predicted molar refractivity (Wildman–Crippen MR) is 91.1 cm³/mol. The number of Topliss-reactive ketones (excluding diaryl/α,β-unsaturated/α-hetero) is 1. The molecule has 2 aromatic heterocycles. The van der Waals surface area contributed by atoms with Gasteiger partial charge in [0.25, 0.3) is 0 Å². The molecule has 5 nitrogen and oxygen atoms in total. The van der Waals surface area contributed by atoms with E-state index in [1.54, 1.807) is 18.2 Å². The number of aromatic nitrogens is 2. The molecule has 0 spiro atoms. The Labute approximate surface area is 149 Å². The maximum absolute atomic E-state index is 13.3. The Hall–Kier alpha value is -3.02. The smallest absolute Gasteiger partial charge is 0.226 e. The third kappa shape index (κ3) is 3.49. The third-order valence-electron chi connectivity index (χ3n) is 4.20. The van der Waals surface area contributed by atoms with E-state index in [2.05, 4.69) is 16.0 Å². The molecule has 1 atom stereocenters. The highest BCUT2D eigenvalue weighted by Crippen LogP contribution is 2.32. The maximum Gasteiger partial charge on any atom is 0.226 e. The number of hydrogen-bond donors (Lipinski definition) is 0. The standard InChI is InChI=1S/C20H16FN2O3/c1-12(18-11-25-20(23-18)14-3-2-4-15(21)9-14)26-16-7-8-17(22-10-16)19(24)13-5-6-13/h2-3,7-13H,5-6H2,1H3. The lowest BCUT2D eigenvalue weighted by atomic mass is 10.2. The Morgan fingerprint density at radius 3 is 2.92 bits per heavy atom. The van der Waals surface area contributed by atoms with Gasteiger partial charge in [-0.15, -0.1) is 0 Å². The van der Waals surface area contributed by atoms with Crippen LogP contribution in [0.1, 0.15) is 42.1 Å². The maximum atomic E-state index is 13.3. The second kappa shape index (κ2) is 6.71. The topological polar surface area (TPSA) is 65.2 Å². The predicted octanol–water partition coefficient (Wildman–Crippen LogP) is 4.41. The zero-order valence-electron chi connectivity index (χ0n) is 14.1. The van der Waals surface area contributed by atoms with E-state index in [1.807, 2.05) is 6.92 Å². The van der Waals surface area contributed by atoms with Crippen LogP contribution in [0.5, 0.6) is 5.75 Å². The van der Waals surface area contributed by atoms with Gasteiger partial charge in [0.2, 0.25) is 5.89 Å². The van der Waals surface area contributed by atoms with Gasteiger partial charge in [0.05, 0.1) is 6.20 Å². The third-order valence-corrected chi connectivity index (χ3v) is 4.20. The number of halogens is 1. The Morgan fingerprint density at radius 1 is 1.38 bits per heavy atom. The molecular formula is C20H16FN2O3. The van der Waals surface area contributed by atoms with Crippen LogP contribution in [0.4, 0.5) is 4.39 Å². The molecule has 26 heavy (non-hydrogen) atoms. The van der Waals surface area contributed by atoms with Crippen molar-refractivity contribution < 1.29 is 18.3 Å². The van der Waals surface area contributed by atoms with Gasteiger partial charge >= 0.3 is 0 Å². The number of pyridine rings is 1. The Balaban J connectivity index is 1.45. The molecule has 2 heterocycles. The molecule has 0 amide bonds. The van der Waals surface area contributed by atoms with Gasteiger partial charge in [-0.2, -0.15) is 0 Å². The van der Waals surface area contributed by atoms with Crippen LogP contribution in [0.15, 0.2) is 47.2 Å². The van der Waals surface area contributed by atoms with Crippen LogP contribution in [0.2, 0.25) is 0 Å². The summed E-state index contributed by atoms with van der Waals surface area (Å²) in [7, 11) is 0. The summed E-state index contributed by atoms with van der Waals surface area (Å²) in [5.74, 6) is 0.611. The molecule has 1 fully saturated rings. The molecule has 6 heteroatoms. The van der Waals surface area contributed by atoms with Crippen molar-refractivity contribution in [3.63, 3.8) is 0 Å². The van der Waals surface area contributed by atoms with E-state index in [0.717, 1.165) is 12.8 Å². The molecule has 1 radical (unpaired) electrons. The van der Waals surface area contributed by atoms with E-state index < -0.39 is 5.82 Å². The van der Waals surface area contributed by atoms with Gasteiger partial charge in [-0.3, -0.25) is 4.79 Å². The zero-order chi connectivity index (χ0) is 18.1. The van der Waals surface area contributed by atoms with Crippen molar-refractivity contribution in [2.75, 3.05) is 0 Å². The van der Waals surface area contributed by atoms with Crippen LogP contribution in [0.3, 0.4) is 0 Å². The van der Waals surface area contributed by atoms with Gasteiger partial charge in [0.1, 0.15) is 35.3 Å². The minimum absolute atomic E-state index is 0.0954. The highest BCUT2D eigenvalue weighted by atomic mass is 19.1. The molecular weight excluding hydrogens is 335 g/mol. The van der Waals surface area contributed by atoms with Crippen LogP contribution < -0.4 is 4.74 Å². The first-order valence-corrected chi connectivity index (χ1v) is 8.40. The Bertz CT molecular complexity index is 932. The fourth-order valence-corrected chi connectivity index (χ4v) is 2.59. The molecule has 0 aliphatic heterocycles. The van der Waals surface area contributed by atoms with E-state index in [4.69, 9.17) is 9.15 Å². The molecule has 1 unspecified atom stereocenters. The molecule has 1 aliphatic carbocycles. The van der Waals surface area contributed by atoms with Gasteiger partial charge in [0.15, 0.2) is 5.78 Å². The van der Waals surface area contributed by atoms with Crippen molar-refractivity contribution in [2.24, 2.45) is 5.92 Å². The van der Waals surface area contributed by atoms with Gasteiger partial charge in [-0.05, 0) is 44.0 Å². The zero-order valence-corrected chi connectivity index (χ0v) is 14.1. The highest BCUT2D eigenvalue weighted by molar-refractivity contribution is 5.97. The minimum atomic E-state index is -0.474. The summed E-state index contributed by atoms with van der Waals surface area (Å²) in [6.07, 6.45) is 4.53. The number of ketones is 1. The summed E-state index contributed by atoms with van der Waals surface area (Å²) in [5.41, 5.74) is 1.58. The number of hydrogen-bond acceptors (Lipinski definition) is 5. The van der Waals surface area contributed by atoms with Crippen molar-refractivity contribution >= 4 is 5.78 Å². The molecule has 0 bridgehead atoms. The van der Waals surface area contributed by atoms with Crippen LogP contribution in [-0.4, -0.2) is 15.8 Å². The van der Waals surface area contributed by atoms with E-state index in [9.17, 15) is 9.18 Å². The number of rotatable bonds is 6. The number of nitrogens with zero attached hydrogens (tertiary/aromatic N) is 2. The van der Waals surface area contributed by atoms with E-state index in [-0.39, 0.29) is 17.8 Å². The highest BCUT2D eigenvalue weighted by Gasteiger charge is 2.31. The average Bonchev–Trinajstić information content (AvgIpc) is 3.38. The number of carbonyl (C=O) groups excluding carboxylic acids is 1. The average molecular weight is 351 g/mol. The lowest BCUT2D eigenvalue weighted by Crippen LogP contribution is -2.06. The first-order valence-electron chi connectivity index (χ1n) is 8.40. The molecule has 1 saturated carbocycles. The van der Waals surface area contributed by atoms with E-state index >= 15 is 0 Å². The number of carbonyl (C=O) groups is 1. The summed E-state index contributed by atoms with van der Waals surface area (Å²) in [6, 6.07) is 10.3. The normalized spacial score (nSPS) is 14.8. The summed E-state index contributed by atoms with van der Waals surface area (Å²) >= 11 is 0. The molecule has 3 aromatic rings. The summed E-state index contributed by atoms with van der Waals surface area (Å²) < 4.78 is 24.5.